The lowest BCUT2D eigenvalue weighted by Crippen LogP contribution is -2.11. The number of ether oxygens (including phenoxy) is 4. The zero-order valence-corrected chi connectivity index (χ0v) is 18.1. The molecular formula is C22H44O5. The highest BCUT2D eigenvalue weighted by Crippen LogP contribution is 2.10. The zero-order valence-electron chi connectivity index (χ0n) is 18.1. The summed E-state index contributed by atoms with van der Waals surface area (Å²) in [5.74, 6) is 0.691. The molecule has 0 aliphatic heterocycles. The molecule has 162 valence electrons. The molecule has 5 heteroatoms. The van der Waals surface area contributed by atoms with Crippen molar-refractivity contribution in [2.24, 2.45) is 5.92 Å². The molecule has 0 fully saturated rings. The van der Waals surface area contributed by atoms with Crippen molar-refractivity contribution in [2.45, 2.75) is 85.0 Å². The van der Waals surface area contributed by atoms with E-state index in [2.05, 4.69) is 20.8 Å². The predicted molar refractivity (Wildman–Crippen MR) is 110 cm³/mol. The van der Waals surface area contributed by atoms with Crippen LogP contribution in [0.3, 0.4) is 0 Å². The van der Waals surface area contributed by atoms with Crippen molar-refractivity contribution >= 4 is 5.97 Å². The lowest BCUT2D eigenvalue weighted by atomic mass is 10.0. The van der Waals surface area contributed by atoms with E-state index in [0.717, 1.165) is 38.2 Å². The van der Waals surface area contributed by atoms with E-state index in [4.69, 9.17) is 18.9 Å². The van der Waals surface area contributed by atoms with E-state index in [1.54, 1.807) is 0 Å². The van der Waals surface area contributed by atoms with Crippen LogP contribution in [0.2, 0.25) is 0 Å². The second kappa shape index (κ2) is 21.6. The van der Waals surface area contributed by atoms with Gasteiger partial charge in [-0.1, -0.05) is 59.3 Å². The Morgan fingerprint density at radius 2 is 1.22 bits per heavy atom. The third-order valence-electron chi connectivity index (χ3n) is 4.24. The average Bonchev–Trinajstić information content (AvgIpc) is 2.64. The summed E-state index contributed by atoms with van der Waals surface area (Å²) in [6.07, 6.45) is 10.7. The van der Waals surface area contributed by atoms with Crippen molar-refractivity contribution in [2.75, 3.05) is 46.2 Å². The van der Waals surface area contributed by atoms with Crippen molar-refractivity contribution in [3.63, 3.8) is 0 Å². The van der Waals surface area contributed by atoms with E-state index < -0.39 is 0 Å². The molecule has 0 aromatic carbocycles. The number of rotatable bonds is 21. The number of carbonyl (C=O) groups excluding carboxylic acids is 1. The van der Waals surface area contributed by atoms with E-state index in [9.17, 15) is 4.79 Å². The van der Waals surface area contributed by atoms with E-state index in [1.165, 1.54) is 25.7 Å². The minimum Gasteiger partial charge on any atom is -0.466 e. The molecule has 0 aliphatic carbocycles. The topological polar surface area (TPSA) is 54.0 Å². The summed E-state index contributed by atoms with van der Waals surface area (Å²) in [4.78, 5) is 11.6. The van der Waals surface area contributed by atoms with E-state index in [1.807, 2.05) is 0 Å². The molecule has 0 saturated heterocycles. The average molecular weight is 389 g/mol. The molecular weight excluding hydrogens is 344 g/mol. The minimum absolute atomic E-state index is 0.112. The zero-order chi connectivity index (χ0) is 20.0. The second-order valence-corrected chi connectivity index (χ2v) is 7.46. The molecule has 27 heavy (non-hydrogen) atoms. The van der Waals surface area contributed by atoms with Gasteiger partial charge in [0.1, 0.15) is 0 Å². The highest BCUT2D eigenvalue weighted by atomic mass is 16.5. The van der Waals surface area contributed by atoms with Crippen molar-refractivity contribution in [3.05, 3.63) is 0 Å². The van der Waals surface area contributed by atoms with Gasteiger partial charge in [-0.15, -0.1) is 0 Å². The molecule has 0 aromatic heterocycles. The first-order valence-corrected chi connectivity index (χ1v) is 11.1. The molecule has 0 atom stereocenters. The van der Waals surface area contributed by atoms with Crippen LogP contribution in [0.15, 0.2) is 0 Å². The molecule has 0 heterocycles. The summed E-state index contributed by atoms with van der Waals surface area (Å²) in [6.45, 7) is 11.0. The normalized spacial score (nSPS) is 11.3. The monoisotopic (exact) mass is 388 g/mol. The van der Waals surface area contributed by atoms with Crippen molar-refractivity contribution < 1.29 is 23.7 Å². The SMILES string of the molecule is CCCCOCCOCCOCCCC(=O)OCCCCCCCC(C)C. The van der Waals surface area contributed by atoms with Gasteiger partial charge in [0.25, 0.3) is 0 Å². The van der Waals surface area contributed by atoms with Gasteiger partial charge in [-0.3, -0.25) is 4.79 Å². The van der Waals surface area contributed by atoms with Crippen LogP contribution in [0.5, 0.6) is 0 Å². The summed E-state index contributed by atoms with van der Waals surface area (Å²) in [5, 5.41) is 0. The maximum absolute atomic E-state index is 11.6. The Kier molecular flexibility index (Phi) is 21.1. The largest absolute Gasteiger partial charge is 0.466 e. The smallest absolute Gasteiger partial charge is 0.305 e. The van der Waals surface area contributed by atoms with Crippen molar-refractivity contribution in [1.82, 2.24) is 0 Å². The number of hydrogen-bond donors (Lipinski definition) is 0. The quantitative estimate of drug-likeness (QED) is 0.201. The van der Waals surface area contributed by atoms with Gasteiger partial charge in [-0.25, -0.2) is 0 Å². The predicted octanol–water partition coefficient (Wildman–Crippen LogP) is 5.16. The molecule has 0 radical (unpaired) electrons. The highest BCUT2D eigenvalue weighted by molar-refractivity contribution is 5.69. The fourth-order valence-corrected chi connectivity index (χ4v) is 2.55. The molecule has 0 amide bonds. The van der Waals surface area contributed by atoms with Gasteiger partial charge < -0.3 is 18.9 Å². The fourth-order valence-electron chi connectivity index (χ4n) is 2.55. The Bertz CT molecular complexity index is 307. The van der Waals surface area contributed by atoms with Crippen LogP contribution in [-0.2, 0) is 23.7 Å². The third-order valence-corrected chi connectivity index (χ3v) is 4.24. The number of esters is 1. The van der Waals surface area contributed by atoms with E-state index >= 15 is 0 Å². The van der Waals surface area contributed by atoms with Crippen LogP contribution in [-0.4, -0.2) is 52.2 Å². The lowest BCUT2D eigenvalue weighted by molar-refractivity contribution is -0.144. The van der Waals surface area contributed by atoms with Crippen LogP contribution < -0.4 is 0 Å². The summed E-state index contributed by atoms with van der Waals surface area (Å²) in [6, 6.07) is 0. The number of carbonyl (C=O) groups is 1. The fraction of sp³-hybridized carbons (Fsp3) is 0.955. The summed E-state index contributed by atoms with van der Waals surface area (Å²) < 4.78 is 21.5. The van der Waals surface area contributed by atoms with Gasteiger partial charge in [0, 0.05) is 19.6 Å². The van der Waals surface area contributed by atoms with E-state index in [0.29, 0.717) is 52.5 Å². The highest BCUT2D eigenvalue weighted by Gasteiger charge is 2.02. The van der Waals surface area contributed by atoms with Crippen LogP contribution >= 0.6 is 0 Å². The maximum atomic E-state index is 11.6. The van der Waals surface area contributed by atoms with Crippen molar-refractivity contribution in [3.8, 4) is 0 Å². The molecule has 0 unspecified atom stereocenters. The van der Waals surface area contributed by atoms with Gasteiger partial charge in [0.05, 0.1) is 33.0 Å². The second-order valence-electron chi connectivity index (χ2n) is 7.46. The molecule has 0 bridgehead atoms. The summed E-state index contributed by atoms with van der Waals surface area (Å²) in [5.41, 5.74) is 0. The number of unbranched alkanes of at least 4 members (excludes halogenated alkanes) is 5. The lowest BCUT2D eigenvalue weighted by Gasteiger charge is -2.07. The Labute approximate surface area is 167 Å². The molecule has 5 nitrogen and oxygen atoms in total. The standard InChI is InChI=1S/C22H44O5/c1-4-5-14-24-17-19-26-20-18-25-15-11-13-22(23)27-16-10-8-6-7-9-12-21(2)3/h21H,4-20H2,1-3H3. The van der Waals surface area contributed by atoms with Crippen LogP contribution in [0.1, 0.15) is 85.0 Å². The van der Waals surface area contributed by atoms with Crippen molar-refractivity contribution in [1.29, 1.82) is 0 Å². The Balaban J connectivity index is 3.15. The van der Waals surface area contributed by atoms with Gasteiger partial charge in [-0.05, 0) is 25.2 Å². The summed E-state index contributed by atoms with van der Waals surface area (Å²) >= 11 is 0. The molecule has 0 aliphatic rings. The first-order chi connectivity index (χ1) is 13.2. The van der Waals surface area contributed by atoms with E-state index in [-0.39, 0.29) is 5.97 Å². The van der Waals surface area contributed by atoms with Gasteiger partial charge in [0.15, 0.2) is 0 Å². The summed E-state index contributed by atoms with van der Waals surface area (Å²) in [7, 11) is 0. The van der Waals surface area contributed by atoms with Gasteiger partial charge in [0.2, 0.25) is 0 Å². The third kappa shape index (κ3) is 23.3. The maximum Gasteiger partial charge on any atom is 0.305 e. The van der Waals surface area contributed by atoms with Gasteiger partial charge in [-0.2, -0.15) is 0 Å². The molecule has 0 rings (SSSR count). The minimum atomic E-state index is -0.112. The van der Waals surface area contributed by atoms with Crippen LogP contribution in [0, 0.1) is 5.92 Å². The first kappa shape index (κ1) is 26.4. The van der Waals surface area contributed by atoms with Crippen LogP contribution in [0.4, 0.5) is 0 Å². The molecule has 0 saturated carbocycles. The molecule has 0 N–H and O–H groups in total. The van der Waals surface area contributed by atoms with Crippen LogP contribution in [0.25, 0.3) is 0 Å². The van der Waals surface area contributed by atoms with Gasteiger partial charge >= 0.3 is 5.97 Å². The first-order valence-electron chi connectivity index (χ1n) is 11.1. The number of hydrogen-bond acceptors (Lipinski definition) is 5. The Hall–Kier alpha value is -0.650. The molecule has 0 spiro atoms. The molecule has 0 aromatic rings. The Morgan fingerprint density at radius 1 is 0.667 bits per heavy atom. The Morgan fingerprint density at radius 3 is 1.85 bits per heavy atom.